The average Bonchev–Trinajstić information content (AvgIpc) is 2.68. The summed E-state index contributed by atoms with van der Waals surface area (Å²) in [5.74, 6) is 0.620. The van der Waals surface area contributed by atoms with Gasteiger partial charge in [-0.2, -0.15) is 0 Å². The quantitative estimate of drug-likeness (QED) is 0.510. The van der Waals surface area contributed by atoms with Crippen LogP contribution in [0.15, 0.2) is 77.6 Å². The van der Waals surface area contributed by atoms with Crippen LogP contribution in [0.5, 0.6) is 0 Å². The third kappa shape index (κ3) is 3.32. The molecule has 0 radical (unpaired) electrons. The van der Waals surface area contributed by atoms with Crippen molar-refractivity contribution >= 4 is 23.1 Å². The van der Waals surface area contributed by atoms with Crippen molar-refractivity contribution in [2.24, 2.45) is 0 Å². The molecule has 0 saturated heterocycles. The van der Waals surface area contributed by atoms with E-state index in [9.17, 15) is 4.79 Å². The van der Waals surface area contributed by atoms with E-state index in [0.29, 0.717) is 16.7 Å². The molecule has 0 bridgehead atoms. The molecule has 0 saturated carbocycles. The van der Waals surface area contributed by atoms with Gasteiger partial charge in [0, 0.05) is 0 Å². The van der Waals surface area contributed by atoms with Gasteiger partial charge in [0.2, 0.25) is 0 Å². The van der Waals surface area contributed by atoms with Gasteiger partial charge in [-0.1, -0.05) is 66.2 Å². The molecule has 0 N–H and O–H groups in total. The van der Waals surface area contributed by atoms with Gasteiger partial charge < -0.3 is 0 Å². The molecular formula is C24H20N2O. The zero-order chi connectivity index (χ0) is 18.8. The Kier molecular flexibility index (Phi) is 4.43. The van der Waals surface area contributed by atoms with Gasteiger partial charge in [0.05, 0.1) is 16.6 Å². The van der Waals surface area contributed by atoms with Crippen LogP contribution in [0.25, 0.3) is 28.7 Å². The van der Waals surface area contributed by atoms with Crippen LogP contribution < -0.4 is 5.56 Å². The predicted molar refractivity (Wildman–Crippen MR) is 112 cm³/mol. The normalized spacial score (nSPS) is 11.3. The van der Waals surface area contributed by atoms with Crippen molar-refractivity contribution < 1.29 is 0 Å². The van der Waals surface area contributed by atoms with E-state index in [1.807, 2.05) is 79.7 Å². The van der Waals surface area contributed by atoms with Crippen LogP contribution in [0.3, 0.4) is 0 Å². The van der Waals surface area contributed by atoms with Crippen LogP contribution in [0, 0.1) is 13.8 Å². The summed E-state index contributed by atoms with van der Waals surface area (Å²) in [5, 5.41) is 0.619. The second kappa shape index (κ2) is 7.04. The number of aromatic nitrogens is 2. The number of hydrogen-bond acceptors (Lipinski definition) is 2. The molecule has 3 heteroatoms. The molecule has 4 aromatic rings. The highest BCUT2D eigenvalue weighted by Gasteiger charge is 2.12. The lowest BCUT2D eigenvalue weighted by atomic mass is 10.1. The van der Waals surface area contributed by atoms with Gasteiger partial charge in [-0.25, -0.2) is 4.98 Å². The van der Waals surface area contributed by atoms with Gasteiger partial charge in [0.25, 0.3) is 5.56 Å². The number of hydrogen-bond donors (Lipinski definition) is 0. The fraction of sp³-hybridized carbons (Fsp3) is 0.0833. The number of para-hydroxylation sites is 2. The standard InChI is InChI=1S/C24H20N2O/c1-17-8-7-10-19(16-17)14-15-23-25-21-12-5-4-11-20(21)24(27)26(23)22-13-6-3-9-18(22)2/h3-16H,1-2H3/b15-14+. The Labute approximate surface area is 158 Å². The second-order valence-electron chi connectivity index (χ2n) is 6.66. The van der Waals surface area contributed by atoms with Gasteiger partial charge in [0.15, 0.2) is 0 Å². The minimum absolute atomic E-state index is 0.0567. The molecule has 1 heterocycles. The molecule has 0 unspecified atom stereocenters. The highest BCUT2D eigenvalue weighted by atomic mass is 16.1. The molecule has 0 aliphatic heterocycles. The average molecular weight is 352 g/mol. The molecule has 0 fully saturated rings. The summed E-state index contributed by atoms with van der Waals surface area (Å²) in [6.07, 6.45) is 3.91. The molecule has 0 atom stereocenters. The Hall–Kier alpha value is -3.46. The fourth-order valence-electron chi connectivity index (χ4n) is 3.25. The number of nitrogens with zero attached hydrogens (tertiary/aromatic N) is 2. The molecular weight excluding hydrogens is 332 g/mol. The number of aryl methyl sites for hydroxylation is 2. The van der Waals surface area contributed by atoms with Crippen LogP contribution in [0.4, 0.5) is 0 Å². The summed E-state index contributed by atoms with van der Waals surface area (Å²) in [6, 6.07) is 23.6. The summed E-state index contributed by atoms with van der Waals surface area (Å²) in [7, 11) is 0. The van der Waals surface area contributed by atoms with Gasteiger partial charge >= 0.3 is 0 Å². The maximum atomic E-state index is 13.3. The van der Waals surface area contributed by atoms with E-state index >= 15 is 0 Å². The van der Waals surface area contributed by atoms with Crippen LogP contribution in [0.1, 0.15) is 22.5 Å². The lowest BCUT2D eigenvalue weighted by Gasteiger charge is -2.13. The summed E-state index contributed by atoms with van der Waals surface area (Å²) in [6.45, 7) is 4.07. The first kappa shape index (κ1) is 17.0. The van der Waals surface area contributed by atoms with E-state index in [-0.39, 0.29) is 5.56 Å². The zero-order valence-corrected chi connectivity index (χ0v) is 15.4. The number of fused-ring (bicyclic) bond motifs is 1. The maximum absolute atomic E-state index is 13.3. The summed E-state index contributed by atoms with van der Waals surface area (Å²) >= 11 is 0. The van der Waals surface area contributed by atoms with Crippen LogP contribution in [-0.4, -0.2) is 9.55 Å². The Morgan fingerprint density at radius 3 is 2.44 bits per heavy atom. The van der Waals surface area contributed by atoms with E-state index in [2.05, 4.69) is 19.1 Å². The van der Waals surface area contributed by atoms with Crippen molar-refractivity contribution in [3.63, 3.8) is 0 Å². The summed E-state index contributed by atoms with van der Waals surface area (Å²) in [5.41, 5.74) is 4.80. The second-order valence-corrected chi connectivity index (χ2v) is 6.66. The summed E-state index contributed by atoms with van der Waals surface area (Å²) in [4.78, 5) is 18.0. The van der Waals surface area contributed by atoms with E-state index < -0.39 is 0 Å². The van der Waals surface area contributed by atoms with Crippen molar-refractivity contribution in [2.75, 3.05) is 0 Å². The molecule has 0 spiro atoms. The zero-order valence-electron chi connectivity index (χ0n) is 15.4. The molecule has 3 nitrogen and oxygen atoms in total. The van der Waals surface area contributed by atoms with E-state index in [1.165, 1.54) is 5.56 Å². The highest BCUT2D eigenvalue weighted by molar-refractivity contribution is 5.80. The minimum atomic E-state index is -0.0567. The molecule has 3 aromatic carbocycles. The third-order valence-corrected chi connectivity index (χ3v) is 4.62. The smallest absolute Gasteiger partial charge is 0.266 e. The molecule has 1 aromatic heterocycles. The Bertz CT molecular complexity index is 1220. The lowest BCUT2D eigenvalue weighted by molar-refractivity contribution is 0.934. The Morgan fingerprint density at radius 1 is 0.852 bits per heavy atom. The first-order valence-electron chi connectivity index (χ1n) is 8.96. The maximum Gasteiger partial charge on any atom is 0.266 e. The molecule has 27 heavy (non-hydrogen) atoms. The molecule has 0 amide bonds. The van der Waals surface area contributed by atoms with Crippen LogP contribution in [-0.2, 0) is 0 Å². The van der Waals surface area contributed by atoms with Crippen molar-refractivity contribution in [3.8, 4) is 5.69 Å². The van der Waals surface area contributed by atoms with Gasteiger partial charge in [-0.3, -0.25) is 9.36 Å². The lowest BCUT2D eigenvalue weighted by Crippen LogP contribution is -2.23. The van der Waals surface area contributed by atoms with Gasteiger partial charge in [-0.05, 0) is 49.2 Å². The van der Waals surface area contributed by atoms with Gasteiger partial charge in [-0.15, -0.1) is 0 Å². The highest BCUT2D eigenvalue weighted by Crippen LogP contribution is 2.18. The Morgan fingerprint density at radius 2 is 1.63 bits per heavy atom. The first-order valence-corrected chi connectivity index (χ1v) is 8.96. The number of rotatable bonds is 3. The largest absolute Gasteiger partial charge is 0.268 e. The molecule has 132 valence electrons. The summed E-state index contributed by atoms with van der Waals surface area (Å²) < 4.78 is 1.70. The monoisotopic (exact) mass is 352 g/mol. The van der Waals surface area contributed by atoms with Crippen molar-refractivity contribution in [3.05, 3.63) is 106 Å². The molecule has 4 rings (SSSR count). The van der Waals surface area contributed by atoms with Crippen molar-refractivity contribution in [1.82, 2.24) is 9.55 Å². The van der Waals surface area contributed by atoms with E-state index in [4.69, 9.17) is 4.98 Å². The Balaban J connectivity index is 1.97. The topological polar surface area (TPSA) is 34.9 Å². The molecule has 0 aliphatic carbocycles. The molecule has 0 aliphatic rings. The van der Waals surface area contributed by atoms with Crippen molar-refractivity contribution in [1.29, 1.82) is 0 Å². The van der Waals surface area contributed by atoms with E-state index in [0.717, 1.165) is 16.8 Å². The van der Waals surface area contributed by atoms with Crippen LogP contribution >= 0.6 is 0 Å². The van der Waals surface area contributed by atoms with Crippen molar-refractivity contribution in [2.45, 2.75) is 13.8 Å². The van der Waals surface area contributed by atoms with Gasteiger partial charge in [0.1, 0.15) is 5.82 Å². The SMILES string of the molecule is Cc1cccc(/C=C/c2nc3ccccc3c(=O)n2-c2ccccc2C)c1. The first-order chi connectivity index (χ1) is 13.1. The number of benzene rings is 3. The van der Waals surface area contributed by atoms with Crippen LogP contribution in [0.2, 0.25) is 0 Å². The third-order valence-electron chi connectivity index (χ3n) is 4.62. The fourth-order valence-corrected chi connectivity index (χ4v) is 3.25. The van der Waals surface area contributed by atoms with E-state index in [1.54, 1.807) is 4.57 Å². The minimum Gasteiger partial charge on any atom is -0.268 e. The predicted octanol–water partition coefficient (Wildman–Crippen LogP) is 5.17.